The zero-order valence-electron chi connectivity index (χ0n) is 14.8. The average molecular weight is 465 g/mol. The third-order valence-corrected chi connectivity index (χ3v) is 3.77. The number of benzene rings is 1. The average Bonchev–Trinajstić information content (AvgIpc) is 3.32. The number of nitrogens with zero attached hydrogens (tertiary/aromatic N) is 3. The first-order valence-corrected chi connectivity index (χ1v) is 8.44. The lowest BCUT2D eigenvalue weighted by atomic mass is 10.1. The number of hydrogen-bond donors (Lipinski definition) is 2. The Kier molecular flexibility index (Phi) is 8.20. The van der Waals surface area contributed by atoms with Gasteiger partial charge < -0.3 is 15.1 Å². The van der Waals surface area contributed by atoms with Gasteiger partial charge in [0.15, 0.2) is 5.96 Å². The number of hydrogen-bond acceptors (Lipinski definition) is 3. The lowest BCUT2D eigenvalue weighted by Crippen LogP contribution is -2.36. The van der Waals surface area contributed by atoms with Crippen molar-refractivity contribution in [2.75, 3.05) is 6.54 Å². The van der Waals surface area contributed by atoms with Gasteiger partial charge in [0.2, 0.25) is 0 Å². The van der Waals surface area contributed by atoms with Gasteiger partial charge >= 0.3 is 0 Å². The molecule has 2 aromatic heterocycles. The molecule has 0 unspecified atom stereocenters. The summed E-state index contributed by atoms with van der Waals surface area (Å²) < 4.78 is 7.27. The molecule has 0 aliphatic heterocycles. The summed E-state index contributed by atoms with van der Waals surface area (Å²) >= 11 is 0. The second-order valence-corrected chi connectivity index (χ2v) is 5.60. The van der Waals surface area contributed by atoms with E-state index in [1.165, 1.54) is 11.1 Å². The van der Waals surface area contributed by atoms with Crippen molar-refractivity contribution < 1.29 is 4.42 Å². The van der Waals surface area contributed by atoms with Crippen molar-refractivity contribution in [1.29, 1.82) is 0 Å². The highest BCUT2D eigenvalue weighted by atomic mass is 127. The van der Waals surface area contributed by atoms with Crippen molar-refractivity contribution in [1.82, 2.24) is 20.4 Å². The number of aromatic nitrogens is 2. The van der Waals surface area contributed by atoms with Crippen LogP contribution in [0.5, 0.6) is 0 Å². The number of nitrogens with one attached hydrogen (secondary N) is 2. The molecule has 0 saturated carbocycles. The summed E-state index contributed by atoms with van der Waals surface area (Å²) in [4.78, 5) is 4.70. The van der Waals surface area contributed by atoms with Crippen molar-refractivity contribution in [3.8, 4) is 0 Å². The fourth-order valence-electron chi connectivity index (χ4n) is 2.52. The molecular formula is C19H24IN5O. The fourth-order valence-corrected chi connectivity index (χ4v) is 2.52. The van der Waals surface area contributed by atoms with Crippen molar-refractivity contribution in [2.24, 2.45) is 4.99 Å². The Morgan fingerprint density at radius 3 is 2.65 bits per heavy atom. The Morgan fingerprint density at radius 2 is 1.96 bits per heavy atom. The van der Waals surface area contributed by atoms with Gasteiger partial charge in [-0.25, -0.2) is 4.99 Å². The lowest BCUT2D eigenvalue weighted by molar-refractivity contribution is 0.501. The van der Waals surface area contributed by atoms with Gasteiger partial charge in [0, 0.05) is 18.9 Å². The lowest BCUT2D eigenvalue weighted by Gasteiger charge is -2.12. The molecule has 3 rings (SSSR count). The highest BCUT2D eigenvalue weighted by Gasteiger charge is 2.04. The predicted octanol–water partition coefficient (Wildman–Crippen LogP) is 3.40. The van der Waals surface area contributed by atoms with E-state index in [1.54, 1.807) is 12.5 Å². The molecule has 0 aliphatic carbocycles. The smallest absolute Gasteiger partial charge is 0.191 e. The Balaban J connectivity index is 0.00000243. The summed E-state index contributed by atoms with van der Waals surface area (Å²) in [6.07, 6.45) is 5.43. The minimum Gasteiger partial charge on any atom is -0.467 e. The third kappa shape index (κ3) is 5.91. The van der Waals surface area contributed by atoms with E-state index in [-0.39, 0.29) is 24.0 Å². The highest BCUT2D eigenvalue weighted by Crippen LogP contribution is 2.11. The van der Waals surface area contributed by atoms with E-state index in [9.17, 15) is 0 Å². The molecule has 26 heavy (non-hydrogen) atoms. The molecule has 0 fully saturated rings. The third-order valence-electron chi connectivity index (χ3n) is 3.77. The summed E-state index contributed by atoms with van der Waals surface area (Å²) in [5.41, 5.74) is 2.41. The summed E-state index contributed by atoms with van der Waals surface area (Å²) in [5, 5.41) is 10.8. The van der Waals surface area contributed by atoms with E-state index >= 15 is 0 Å². The minimum atomic E-state index is 0. The van der Waals surface area contributed by atoms with Crippen molar-refractivity contribution >= 4 is 29.9 Å². The number of halogens is 1. The largest absolute Gasteiger partial charge is 0.467 e. The van der Waals surface area contributed by atoms with Crippen molar-refractivity contribution in [3.63, 3.8) is 0 Å². The second kappa shape index (κ2) is 10.6. The van der Waals surface area contributed by atoms with E-state index in [4.69, 9.17) is 9.41 Å². The van der Waals surface area contributed by atoms with Gasteiger partial charge in [0.25, 0.3) is 0 Å². The molecule has 0 amide bonds. The number of rotatable bonds is 7. The minimum absolute atomic E-state index is 0. The second-order valence-electron chi connectivity index (χ2n) is 5.60. The van der Waals surface area contributed by atoms with E-state index in [0.717, 1.165) is 24.8 Å². The molecule has 3 aromatic rings. The van der Waals surface area contributed by atoms with Crippen molar-refractivity contribution in [2.45, 2.75) is 26.6 Å². The maximum atomic E-state index is 5.35. The molecule has 0 spiro atoms. The Bertz CT molecular complexity index is 784. The Hall–Kier alpha value is -2.29. The zero-order valence-corrected chi connectivity index (χ0v) is 17.1. The first-order chi connectivity index (χ1) is 12.3. The Labute approximate surface area is 170 Å². The van der Waals surface area contributed by atoms with E-state index in [1.807, 2.05) is 41.2 Å². The van der Waals surface area contributed by atoms with Crippen LogP contribution in [0.2, 0.25) is 0 Å². The first-order valence-electron chi connectivity index (χ1n) is 8.44. The van der Waals surface area contributed by atoms with Gasteiger partial charge in [-0.3, -0.25) is 4.68 Å². The molecule has 7 heteroatoms. The van der Waals surface area contributed by atoms with Gasteiger partial charge in [-0.05, 0) is 36.2 Å². The van der Waals surface area contributed by atoms with Crippen molar-refractivity contribution in [3.05, 3.63) is 78.0 Å². The molecule has 0 atom stereocenters. The van der Waals surface area contributed by atoms with Crippen LogP contribution in [0.3, 0.4) is 0 Å². The maximum absolute atomic E-state index is 5.35. The van der Waals surface area contributed by atoms with Gasteiger partial charge in [-0.2, -0.15) is 5.10 Å². The molecule has 0 saturated heterocycles. The van der Waals surface area contributed by atoms with Crippen LogP contribution >= 0.6 is 24.0 Å². The molecule has 0 radical (unpaired) electrons. The normalized spacial score (nSPS) is 11.0. The van der Waals surface area contributed by atoms with Crippen LogP contribution in [-0.4, -0.2) is 22.3 Å². The monoisotopic (exact) mass is 465 g/mol. The predicted molar refractivity (Wildman–Crippen MR) is 114 cm³/mol. The number of furan rings is 1. The standard InChI is InChI=1S/C19H23N5O.HI/c1-2-20-19(22-14-18-9-5-12-25-18)21-13-16-7-3-4-8-17(16)15-24-11-6-10-23-24;/h3-12H,2,13-15H2,1H3,(H2,20,21,22);1H. The van der Waals surface area contributed by atoms with E-state index in [0.29, 0.717) is 13.1 Å². The maximum Gasteiger partial charge on any atom is 0.191 e. The SMILES string of the molecule is CCNC(=NCc1ccccc1Cn1cccn1)NCc1ccco1.I. The number of guanidine groups is 1. The summed E-state index contributed by atoms with van der Waals surface area (Å²) in [7, 11) is 0. The molecule has 138 valence electrons. The van der Waals surface area contributed by atoms with Crippen LogP contribution < -0.4 is 10.6 Å². The van der Waals surface area contributed by atoms with Crippen LogP contribution in [0.15, 0.2) is 70.5 Å². The summed E-state index contributed by atoms with van der Waals surface area (Å²) in [6, 6.07) is 14.1. The molecular weight excluding hydrogens is 441 g/mol. The summed E-state index contributed by atoms with van der Waals surface area (Å²) in [6.45, 7) is 4.81. The fraction of sp³-hybridized carbons (Fsp3) is 0.263. The van der Waals surface area contributed by atoms with Gasteiger partial charge in [0.1, 0.15) is 5.76 Å². The van der Waals surface area contributed by atoms with Crippen LogP contribution in [0.1, 0.15) is 23.8 Å². The topological polar surface area (TPSA) is 67.4 Å². The van der Waals surface area contributed by atoms with Crippen LogP contribution in [0.25, 0.3) is 0 Å². The Morgan fingerprint density at radius 1 is 1.12 bits per heavy atom. The molecule has 1 aromatic carbocycles. The first kappa shape index (κ1) is 20.0. The van der Waals surface area contributed by atoms with Gasteiger partial charge in [-0.15, -0.1) is 24.0 Å². The quantitative estimate of drug-likeness (QED) is 0.319. The molecule has 6 nitrogen and oxygen atoms in total. The summed E-state index contributed by atoms with van der Waals surface area (Å²) in [5.74, 6) is 1.65. The van der Waals surface area contributed by atoms with E-state index < -0.39 is 0 Å². The molecule has 0 bridgehead atoms. The van der Waals surface area contributed by atoms with Gasteiger partial charge in [-0.1, -0.05) is 24.3 Å². The molecule has 2 heterocycles. The number of aliphatic imine (C=N–C) groups is 1. The van der Waals surface area contributed by atoms with Crippen LogP contribution in [0.4, 0.5) is 0 Å². The van der Waals surface area contributed by atoms with Gasteiger partial charge in [0.05, 0.1) is 25.9 Å². The molecule has 2 N–H and O–H groups in total. The van der Waals surface area contributed by atoms with Crippen LogP contribution in [0, 0.1) is 0 Å². The zero-order chi connectivity index (χ0) is 17.3. The molecule has 0 aliphatic rings. The van der Waals surface area contributed by atoms with Crippen LogP contribution in [-0.2, 0) is 19.6 Å². The highest BCUT2D eigenvalue weighted by molar-refractivity contribution is 14.0. The van der Waals surface area contributed by atoms with E-state index in [2.05, 4.69) is 34.8 Å².